The summed E-state index contributed by atoms with van der Waals surface area (Å²) in [6.45, 7) is 11.7. The van der Waals surface area contributed by atoms with Crippen molar-refractivity contribution in [1.29, 1.82) is 0 Å². The van der Waals surface area contributed by atoms with Crippen LogP contribution in [0.5, 0.6) is 0 Å². The highest BCUT2D eigenvalue weighted by atomic mass is 16.5. The normalized spacial score (nSPS) is 15.8. The van der Waals surface area contributed by atoms with Gasteiger partial charge in [-0.2, -0.15) is 0 Å². The van der Waals surface area contributed by atoms with E-state index in [4.69, 9.17) is 26.2 Å². The number of aromatic nitrogens is 3. The van der Waals surface area contributed by atoms with Crippen molar-refractivity contribution in [3.8, 4) is 0 Å². The summed E-state index contributed by atoms with van der Waals surface area (Å²) in [5.74, 6) is 1.04. The van der Waals surface area contributed by atoms with Gasteiger partial charge in [-0.05, 0) is 91.6 Å². The molecule has 0 amide bonds. The molecule has 8 nitrogen and oxygen atoms in total. The SMILES string of the molecule is Cc1ccc2c3c(c(N)nc2c1)N(CCc1cnc2c(N)nc4cc(C)ccc4c2c1)CC(CCc1ccc(C(C)N2CCOCC2)cc1)=C3. The van der Waals surface area contributed by atoms with E-state index in [1.807, 2.05) is 6.20 Å². The molecule has 254 valence electrons. The maximum atomic E-state index is 6.76. The minimum absolute atomic E-state index is 0.393. The van der Waals surface area contributed by atoms with Crippen molar-refractivity contribution < 1.29 is 4.74 Å². The monoisotopic (exact) mass is 663 g/mol. The molecule has 1 saturated heterocycles. The lowest BCUT2D eigenvalue weighted by molar-refractivity contribution is 0.0198. The highest BCUT2D eigenvalue weighted by Crippen LogP contribution is 2.39. The van der Waals surface area contributed by atoms with Gasteiger partial charge in [-0.3, -0.25) is 9.88 Å². The molecule has 2 aliphatic rings. The van der Waals surface area contributed by atoms with Crippen LogP contribution in [0.15, 0.2) is 78.5 Å². The summed E-state index contributed by atoms with van der Waals surface area (Å²) in [5, 5.41) is 3.25. The Balaban J connectivity index is 1.06. The van der Waals surface area contributed by atoms with Crippen LogP contribution >= 0.6 is 0 Å². The molecule has 0 radical (unpaired) electrons. The lowest BCUT2D eigenvalue weighted by Crippen LogP contribution is -2.37. The number of hydrogen-bond donors (Lipinski definition) is 2. The molecule has 1 atom stereocenters. The number of nitrogens with two attached hydrogens (primary N) is 2. The molecule has 4 N–H and O–H groups in total. The van der Waals surface area contributed by atoms with Crippen LogP contribution < -0.4 is 16.4 Å². The van der Waals surface area contributed by atoms with Crippen LogP contribution in [0.3, 0.4) is 0 Å². The van der Waals surface area contributed by atoms with E-state index in [0.717, 1.165) is 108 Å². The molecule has 5 heterocycles. The number of nitrogen functional groups attached to an aromatic ring is 2. The molecule has 8 heteroatoms. The largest absolute Gasteiger partial charge is 0.382 e. The Hall–Kier alpha value is -5.05. The fourth-order valence-electron chi connectivity index (χ4n) is 7.71. The van der Waals surface area contributed by atoms with Crippen molar-refractivity contribution in [3.63, 3.8) is 0 Å². The standard InChI is InChI=1S/C42H45N7O/c1-26-4-12-33-35-22-30(24-45-39(35)41(43)46-37(33)20-26)14-15-49-25-31(23-36-34-13-5-27(2)21-38(34)47-42(44)40(36)49)7-6-29-8-10-32(11-9-29)28(3)48-16-18-50-19-17-48/h4-5,8-13,20-24,28H,6-7,14-19,25H2,1-3H3,(H2,43,46)(H2,44,47). The first-order chi connectivity index (χ1) is 24.3. The van der Waals surface area contributed by atoms with Gasteiger partial charge in [-0.25, -0.2) is 9.97 Å². The van der Waals surface area contributed by atoms with E-state index in [9.17, 15) is 0 Å². The van der Waals surface area contributed by atoms with E-state index >= 15 is 0 Å². The van der Waals surface area contributed by atoms with E-state index in [-0.39, 0.29) is 0 Å². The van der Waals surface area contributed by atoms with Crippen LogP contribution in [0.1, 0.15) is 52.8 Å². The minimum atomic E-state index is 0.393. The fourth-order valence-corrected chi connectivity index (χ4v) is 7.71. The van der Waals surface area contributed by atoms with Gasteiger partial charge in [-0.15, -0.1) is 0 Å². The molecule has 1 fully saturated rings. The second-order valence-corrected chi connectivity index (χ2v) is 14.1. The molecule has 6 aromatic rings. The zero-order valence-electron chi connectivity index (χ0n) is 29.2. The van der Waals surface area contributed by atoms with Gasteiger partial charge in [0, 0.05) is 60.1 Å². The van der Waals surface area contributed by atoms with Crippen molar-refractivity contribution >= 4 is 56.1 Å². The minimum Gasteiger partial charge on any atom is -0.382 e. The van der Waals surface area contributed by atoms with Gasteiger partial charge in [0.1, 0.15) is 11.3 Å². The second kappa shape index (κ2) is 13.3. The van der Waals surface area contributed by atoms with E-state index in [0.29, 0.717) is 17.7 Å². The molecule has 0 saturated carbocycles. The maximum Gasteiger partial charge on any atom is 0.150 e. The van der Waals surface area contributed by atoms with Crippen LogP contribution in [0, 0.1) is 13.8 Å². The first kappa shape index (κ1) is 32.2. The number of ether oxygens (including phenoxy) is 1. The Kier molecular flexibility index (Phi) is 8.59. The number of pyridine rings is 3. The molecule has 0 bridgehead atoms. The first-order valence-corrected chi connectivity index (χ1v) is 17.8. The number of aryl methyl sites for hydroxylation is 3. The van der Waals surface area contributed by atoms with Gasteiger partial charge < -0.3 is 21.1 Å². The fraction of sp³-hybridized carbons (Fsp3) is 0.310. The lowest BCUT2D eigenvalue weighted by atomic mass is 9.94. The predicted molar refractivity (Wildman–Crippen MR) is 207 cm³/mol. The maximum absolute atomic E-state index is 6.76. The Labute approximate surface area is 293 Å². The average Bonchev–Trinajstić information content (AvgIpc) is 3.13. The number of fused-ring (bicyclic) bond motifs is 6. The van der Waals surface area contributed by atoms with Gasteiger partial charge in [0.05, 0.1) is 29.9 Å². The smallest absolute Gasteiger partial charge is 0.150 e. The third-order valence-electron chi connectivity index (χ3n) is 10.6. The lowest BCUT2D eigenvalue weighted by Gasteiger charge is -2.33. The van der Waals surface area contributed by atoms with Crippen molar-refractivity contribution in [2.75, 3.05) is 55.8 Å². The summed E-state index contributed by atoms with van der Waals surface area (Å²) < 4.78 is 5.56. The van der Waals surface area contributed by atoms with E-state index < -0.39 is 0 Å². The van der Waals surface area contributed by atoms with Crippen molar-refractivity contribution in [3.05, 3.63) is 112 Å². The Morgan fingerprint density at radius 1 is 0.760 bits per heavy atom. The number of benzene rings is 3. The summed E-state index contributed by atoms with van der Waals surface area (Å²) in [6, 6.07) is 24.7. The molecule has 2 aliphatic heterocycles. The molecule has 1 unspecified atom stereocenters. The summed E-state index contributed by atoms with van der Waals surface area (Å²) in [5.41, 5.74) is 25.5. The zero-order chi connectivity index (χ0) is 34.4. The number of hydrogen-bond acceptors (Lipinski definition) is 8. The highest BCUT2D eigenvalue weighted by Gasteiger charge is 2.24. The van der Waals surface area contributed by atoms with Crippen LogP contribution in [-0.2, 0) is 17.6 Å². The van der Waals surface area contributed by atoms with Crippen LogP contribution in [0.25, 0.3) is 38.8 Å². The predicted octanol–water partition coefficient (Wildman–Crippen LogP) is 7.58. The van der Waals surface area contributed by atoms with Crippen molar-refractivity contribution in [2.24, 2.45) is 0 Å². The third kappa shape index (κ3) is 6.25. The van der Waals surface area contributed by atoms with Crippen LogP contribution in [0.4, 0.5) is 17.3 Å². The number of morpholine rings is 1. The topological polar surface area (TPSA) is 106 Å². The number of anilines is 3. The quantitative estimate of drug-likeness (QED) is 0.161. The first-order valence-electron chi connectivity index (χ1n) is 17.8. The molecular weight excluding hydrogens is 619 g/mol. The molecule has 0 aliphatic carbocycles. The number of rotatable bonds is 8. The molecule has 8 rings (SSSR count). The summed E-state index contributed by atoms with van der Waals surface area (Å²) in [4.78, 5) is 19.2. The Bertz CT molecular complexity index is 2260. The summed E-state index contributed by atoms with van der Waals surface area (Å²) in [6.07, 6.45) is 7.07. The molecular formula is C42H45N7O. The molecule has 3 aromatic carbocycles. The van der Waals surface area contributed by atoms with Crippen molar-refractivity contribution in [1.82, 2.24) is 19.9 Å². The van der Waals surface area contributed by atoms with E-state index in [1.54, 1.807) is 0 Å². The number of nitrogens with zero attached hydrogens (tertiary/aromatic N) is 5. The summed E-state index contributed by atoms with van der Waals surface area (Å²) >= 11 is 0. The Morgan fingerprint density at radius 2 is 1.46 bits per heavy atom. The van der Waals surface area contributed by atoms with Gasteiger partial charge in [0.25, 0.3) is 0 Å². The van der Waals surface area contributed by atoms with Gasteiger partial charge >= 0.3 is 0 Å². The summed E-state index contributed by atoms with van der Waals surface area (Å²) in [7, 11) is 0. The van der Waals surface area contributed by atoms with Gasteiger partial charge in [0.2, 0.25) is 0 Å². The van der Waals surface area contributed by atoms with Gasteiger partial charge in [-0.1, -0.05) is 54.6 Å². The highest BCUT2D eigenvalue weighted by molar-refractivity contribution is 6.08. The second-order valence-electron chi connectivity index (χ2n) is 14.1. The van der Waals surface area contributed by atoms with Crippen molar-refractivity contribution in [2.45, 2.75) is 46.1 Å². The average molecular weight is 664 g/mol. The Morgan fingerprint density at radius 3 is 2.22 bits per heavy atom. The third-order valence-corrected chi connectivity index (χ3v) is 10.6. The molecule has 0 spiro atoms. The van der Waals surface area contributed by atoms with E-state index in [2.05, 4.69) is 108 Å². The zero-order valence-corrected chi connectivity index (χ0v) is 29.2. The molecule has 3 aromatic heterocycles. The molecule has 50 heavy (non-hydrogen) atoms. The van der Waals surface area contributed by atoms with E-state index in [1.165, 1.54) is 27.8 Å². The van der Waals surface area contributed by atoms with Crippen LogP contribution in [0.2, 0.25) is 0 Å². The van der Waals surface area contributed by atoms with Crippen LogP contribution in [-0.4, -0.2) is 59.2 Å². The van der Waals surface area contributed by atoms with Gasteiger partial charge in [0.15, 0.2) is 5.82 Å².